The number of likely N-dealkylation sites (tertiary alicyclic amines) is 1. The van der Waals surface area contributed by atoms with E-state index < -0.39 is 11.9 Å². The number of rotatable bonds is 5. The zero-order valence-electron chi connectivity index (χ0n) is 14.3. The van der Waals surface area contributed by atoms with Gasteiger partial charge in [0.05, 0.1) is 7.11 Å². The molecule has 3 heterocycles. The van der Waals surface area contributed by atoms with Gasteiger partial charge < -0.3 is 10.1 Å². The Hall–Kier alpha value is -2.42. The van der Waals surface area contributed by atoms with Crippen LogP contribution >= 0.6 is 0 Å². The fourth-order valence-corrected chi connectivity index (χ4v) is 3.04. The first-order chi connectivity index (χ1) is 12.4. The Balaban J connectivity index is 1.62. The summed E-state index contributed by atoms with van der Waals surface area (Å²) in [7, 11) is 1.57. The Morgan fingerprint density at radius 2 is 2.12 bits per heavy atom. The molecule has 0 amide bonds. The van der Waals surface area contributed by atoms with Crippen molar-refractivity contribution in [1.82, 2.24) is 19.9 Å². The van der Waals surface area contributed by atoms with Crippen molar-refractivity contribution < 1.29 is 17.9 Å². The lowest BCUT2D eigenvalue weighted by Gasteiger charge is -2.33. The molecule has 0 saturated carbocycles. The van der Waals surface area contributed by atoms with Gasteiger partial charge in [0.15, 0.2) is 0 Å². The molecule has 3 rings (SSSR count). The third kappa shape index (κ3) is 4.81. The van der Waals surface area contributed by atoms with Gasteiger partial charge in [0.25, 0.3) is 0 Å². The number of piperidine rings is 1. The minimum absolute atomic E-state index is 0.0310. The van der Waals surface area contributed by atoms with Crippen molar-refractivity contribution in [1.29, 1.82) is 0 Å². The highest BCUT2D eigenvalue weighted by Gasteiger charge is 2.33. The maximum atomic E-state index is 12.8. The minimum atomic E-state index is -4.47. The van der Waals surface area contributed by atoms with Crippen molar-refractivity contribution in [2.75, 3.05) is 25.5 Å². The van der Waals surface area contributed by atoms with Crippen molar-refractivity contribution in [2.45, 2.75) is 31.6 Å². The molecule has 26 heavy (non-hydrogen) atoms. The molecule has 0 radical (unpaired) electrons. The SMILES string of the molecule is COc1cc(CN2CCCC(Nc3cc(C(F)(F)F)ncn3)C2)ccn1. The number of nitrogens with one attached hydrogen (secondary N) is 1. The van der Waals surface area contributed by atoms with Crippen LogP contribution in [0.15, 0.2) is 30.7 Å². The molecule has 0 aromatic carbocycles. The lowest BCUT2D eigenvalue weighted by atomic mass is 10.0. The number of ether oxygens (including phenoxy) is 1. The van der Waals surface area contributed by atoms with Crippen molar-refractivity contribution in [3.05, 3.63) is 42.0 Å². The number of aromatic nitrogens is 3. The van der Waals surface area contributed by atoms with Gasteiger partial charge in [-0.25, -0.2) is 15.0 Å². The third-order valence-electron chi connectivity index (χ3n) is 4.23. The third-order valence-corrected chi connectivity index (χ3v) is 4.23. The van der Waals surface area contributed by atoms with E-state index in [-0.39, 0.29) is 11.9 Å². The molecule has 1 aliphatic rings. The molecular formula is C17H20F3N5O. The Morgan fingerprint density at radius 1 is 1.27 bits per heavy atom. The Bertz CT molecular complexity index is 740. The molecule has 0 aliphatic carbocycles. The van der Waals surface area contributed by atoms with E-state index in [0.717, 1.165) is 50.4 Å². The maximum Gasteiger partial charge on any atom is 0.433 e. The van der Waals surface area contributed by atoms with Gasteiger partial charge in [-0.15, -0.1) is 0 Å². The molecule has 1 atom stereocenters. The van der Waals surface area contributed by atoms with Gasteiger partial charge in [-0.05, 0) is 31.0 Å². The molecule has 2 aromatic heterocycles. The van der Waals surface area contributed by atoms with Gasteiger partial charge in [-0.2, -0.15) is 13.2 Å². The maximum absolute atomic E-state index is 12.8. The number of methoxy groups -OCH3 is 1. The van der Waals surface area contributed by atoms with Crippen LogP contribution in [-0.4, -0.2) is 46.1 Å². The fourth-order valence-electron chi connectivity index (χ4n) is 3.04. The van der Waals surface area contributed by atoms with Crippen molar-refractivity contribution in [3.63, 3.8) is 0 Å². The quantitative estimate of drug-likeness (QED) is 0.877. The second-order valence-corrected chi connectivity index (χ2v) is 6.21. The predicted octanol–water partition coefficient (Wildman–Crippen LogP) is 2.98. The fraction of sp³-hybridized carbons (Fsp3) is 0.471. The average Bonchev–Trinajstić information content (AvgIpc) is 2.62. The first-order valence-corrected chi connectivity index (χ1v) is 8.31. The van der Waals surface area contributed by atoms with E-state index in [4.69, 9.17) is 4.74 Å². The molecule has 6 nitrogen and oxygen atoms in total. The van der Waals surface area contributed by atoms with Gasteiger partial charge in [0.2, 0.25) is 5.88 Å². The Kier molecular flexibility index (Phi) is 5.55. The number of alkyl halides is 3. The molecule has 0 spiro atoms. The molecule has 1 saturated heterocycles. The molecule has 1 unspecified atom stereocenters. The summed E-state index contributed by atoms with van der Waals surface area (Å²) in [5.74, 6) is 0.764. The van der Waals surface area contributed by atoms with E-state index in [1.165, 1.54) is 0 Å². The largest absolute Gasteiger partial charge is 0.481 e. The van der Waals surface area contributed by atoms with Crippen LogP contribution in [-0.2, 0) is 12.7 Å². The lowest BCUT2D eigenvalue weighted by molar-refractivity contribution is -0.141. The molecule has 1 aliphatic heterocycles. The monoisotopic (exact) mass is 367 g/mol. The zero-order chi connectivity index (χ0) is 18.6. The standard InChI is InChI=1S/C17H20F3N5O/c1-26-16-7-12(4-5-21-16)9-25-6-2-3-13(10-25)24-15-8-14(17(18,19)20)22-11-23-15/h4-5,7-8,11,13H,2-3,6,9-10H2,1H3,(H,22,23,24). The summed E-state index contributed by atoms with van der Waals surface area (Å²) in [5, 5.41) is 3.10. The summed E-state index contributed by atoms with van der Waals surface area (Å²) in [5.41, 5.74) is 0.144. The van der Waals surface area contributed by atoms with Crippen molar-refractivity contribution in [3.8, 4) is 5.88 Å². The normalized spacial score (nSPS) is 18.5. The summed E-state index contributed by atoms with van der Waals surface area (Å²) in [6, 6.07) is 4.80. The van der Waals surface area contributed by atoms with Crippen LogP contribution < -0.4 is 10.1 Å². The van der Waals surface area contributed by atoms with E-state index in [9.17, 15) is 13.2 Å². The van der Waals surface area contributed by atoms with Crippen LogP contribution in [0.5, 0.6) is 5.88 Å². The second-order valence-electron chi connectivity index (χ2n) is 6.21. The Morgan fingerprint density at radius 3 is 2.88 bits per heavy atom. The molecule has 9 heteroatoms. The first-order valence-electron chi connectivity index (χ1n) is 8.31. The summed E-state index contributed by atoms with van der Waals surface area (Å²) in [6.45, 7) is 2.38. The van der Waals surface area contributed by atoms with Gasteiger partial charge in [-0.1, -0.05) is 0 Å². The van der Waals surface area contributed by atoms with E-state index in [2.05, 4.69) is 25.2 Å². The smallest absolute Gasteiger partial charge is 0.433 e. The minimum Gasteiger partial charge on any atom is -0.481 e. The lowest BCUT2D eigenvalue weighted by Crippen LogP contribution is -2.41. The highest BCUT2D eigenvalue weighted by atomic mass is 19.4. The molecule has 2 aromatic rings. The second kappa shape index (κ2) is 7.86. The van der Waals surface area contributed by atoms with Gasteiger partial charge in [0.1, 0.15) is 17.8 Å². The topological polar surface area (TPSA) is 63.2 Å². The van der Waals surface area contributed by atoms with E-state index in [1.807, 2.05) is 12.1 Å². The molecule has 0 bridgehead atoms. The van der Waals surface area contributed by atoms with Crippen LogP contribution in [0.4, 0.5) is 19.0 Å². The summed E-state index contributed by atoms with van der Waals surface area (Å²) >= 11 is 0. The number of halogens is 3. The number of hydrogen-bond donors (Lipinski definition) is 1. The van der Waals surface area contributed by atoms with Crippen LogP contribution in [0.2, 0.25) is 0 Å². The molecule has 1 fully saturated rings. The number of nitrogens with zero attached hydrogens (tertiary/aromatic N) is 4. The number of pyridine rings is 1. The van der Waals surface area contributed by atoms with E-state index in [0.29, 0.717) is 5.88 Å². The van der Waals surface area contributed by atoms with Crippen molar-refractivity contribution >= 4 is 5.82 Å². The average molecular weight is 367 g/mol. The van der Waals surface area contributed by atoms with Crippen LogP contribution in [0.3, 0.4) is 0 Å². The summed E-state index contributed by atoms with van der Waals surface area (Å²) in [6.07, 6.45) is -0.000609. The summed E-state index contributed by atoms with van der Waals surface area (Å²) in [4.78, 5) is 13.5. The summed E-state index contributed by atoms with van der Waals surface area (Å²) < 4.78 is 43.4. The van der Waals surface area contributed by atoms with E-state index in [1.54, 1.807) is 13.3 Å². The number of hydrogen-bond acceptors (Lipinski definition) is 6. The highest BCUT2D eigenvalue weighted by molar-refractivity contribution is 5.37. The molecule has 1 N–H and O–H groups in total. The van der Waals surface area contributed by atoms with Gasteiger partial charge >= 0.3 is 6.18 Å². The zero-order valence-corrected chi connectivity index (χ0v) is 14.3. The number of anilines is 1. The van der Waals surface area contributed by atoms with Crippen LogP contribution in [0.25, 0.3) is 0 Å². The van der Waals surface area contributed by atoms with Gasteiger partial charge in [0, 0.05) is 37.5 Å². The Labute approximate surface area is 149 Å². The highest BCUT2D eigenvalue weighted by Crippen LogP contribution is 2.28. The molecular weight excluding hydrogens is 347 g/mol. The predicted molar refractivity (Wildman–Crippen MR) is 89.7 cm³/mol. The van der Waals surface area contributed by atoms with E-state index >= 15 is 0 Å². The van der Waals surface area contributed by atoms with Gasteiger partial charge in [-0.3, -0.25) is 4.90 Å². The first kappa shape index (κ1) is 18.4. The van der Waals surface area contributed by atoms with Crippen LogP contribution in [0, 0.1) is 0 Å². The van der Waals surface area contributed by atoms with Crippen molar-refractivity contribution in [2.24, 2.45) is 0 Å². The van der Waals surface area contributed by atoms with Crippen LogP contribution in [0.1, 0.15) is 24.1 Å². The molecule has 140 valence electrons.